The Morgan fingerprint density at radius 2 is 2.03 bits per heavy atom. The summed E-state index contributed by atoms with van der Waals surface area (Å²) < 4.78 is 24.7. The minimum Gasteiger partial charge on any atom is -0.346 e. The highest BCUT2D eigenvalue weighted by molar-refractivity contribution is 7.88. The van der Waals surface area contributed by atoms with Crippen LogP contribution in [0, 0.1) is 0 Å². The number of hydrogen-bond donors (Lipinski definition) is 1. The molecule has 0 radical (unpaired) electrons. The lowest BCUT2D eigenvalue weighted by Gasteiger charge is -2.33. The van der Waals surface area contributed by atoms with Crippen molar-refractivity contribution in [2.45, 2.75) is 18.8 Å². The molecule has 156 valence electrons. The number of H-pyrrole nitrogens is 1. The van der Waals surface area contributed by atoms with Crippen LogP contribution in [0.3, 0.4) is 0 Å². The zero-order chi connectivity index (χ0) is 21.0. The highest BCUT2D eigenvalue weighted by Crippen LogP contribution is 2.46. The summed E-state index contributed by atoms with van der Waals surface area (Å²) in [6, 6.07) is 7.58. The largest absolute Gasteiger partial charge is 0.346 e. The first-order chi connectivity index (χ1) is 14.3. The average molecular weight is 445 g/mol. The van der Waals surface area contributed by atoms with Gasteiger partial charge in [-0.05, 0) is 42.0 Å². The van der Waals surface area contributed by atoms with E-state index in [0.29, 0.717) is 17.5 Å². The lowest BCUT2D eigenvalue weighted by molar-refractivity contribution is -0.119. The summed E-state index contributed by atoms with van der Waals surface area (Å²) >= 11 is 6.82. The molecule has 2 aliphatic rings. The molecule has 1 saturated heterocycles. The molecule has 0 atom stereocenters. The number of nitrogens with one attached hydrogen (secondary N) is 1. The van der Waals surface area contributed by atoms with Crippen molar-refractivity contribution >= 4 is 44.3 Å². The Morgan fingerprint density at radius 3 is 2.73 bits per heavy atom. The van der Waals surface area contributed by atoms with Crippen LogP contribution in [0.25, 0.3) is 22.2 Å². The van der Waals surface area contributed by atoms with E-state index < -0.39 is 10.0 Å². The predicted molar refractivity (Wildman–Crippen MR) is 117 cm³/mol. The summed E-state index contributed by atoms with van der Waals surface area (Å²) in [5.41, 5.74) is 4.41. The van der Waals surface area contributed by atoms with Gasteiger partial charge in [-0.1, -0.05) is 23.7 Å². The number of piperazine rings is 1. The SMILES string of the molecule is CS(=O)(=O)N1CCN(c2cccc(-c3cnc4[nH]cc(C5CC5)c4c3Cl)c2)C(=O)C1. The summed E-state index contributed by atoms with van der Waals surface area (Å²) in [6.45, 7) is 0.437. The Morgan fingerprint density at radius 1 is 1.23 bits per heavy atom. The van der Waals surface area contributed by atoms with Crippen LogP contribution in [0.2, 0.25) is 5.02 Å². The summed E-state index contributed by atoms with van der Waals surface area (Å²) in [4.78, 5) is 22.0. The van der Waals surface area contributed by atoms with Crippen LogP contribution in [0.15, 0.2) is 36.7 Å². The maximum Gasteiger partial charge on any atom is 0.242 e. The van der Waals surface area contributed by atoms with Crippen molar-refractivity contribution in [2.24, 2.45) is 0 Å². The Bertz CT molecular complexity index is 1270. The van der Waals surface area contributed by atoms with Gasteiger partial charge in [-0.2, -0.15) is 4.31 Å². The molecule has 7 nitrogen and oxygen atoms in total. The molecule has 1 N–H and O–H groups in total. The standard InChI is InChI=1S/C21H21ClN4O3S/c1-30(28,29)25-7-8-26(18(27)12-25)15-4-2-3-14(9-15)17-11-24-21-19(20(17)22)16(10-23-21)13-5-6-13/h2-4,9-11,13H,5-8,12H2,1H3,(H,23,24). The summed E-state index contributed by atoms with van der Waals surface area (Å²) in [7, 11) is -3.39. The molecule has 0 bridgehead atoms. The van der Waals surface area contributed by atoms with Gasteiger partial charge < -0.3 is 9.88 Å². The molecule has 3 aromatic rings. The van der Waals surface area contributed by atoms with Crippen LogP contribution < -0.4 is 4.90 Å². The number of anilines is 1. The zero-order valence-electron chi connectivity index (χ0n) is 16.4. The van der Waals surface area contributed by atoms with E-state index in [1.165, 1.54) is 22.7 Å². The Labute approximate surface area is 179 Å². The van der Waals surface area contributed by atoms with E-state index in [1.807, 2.05) is 30.5 Å². The van der Waals surface area contributed by atoms with E-state index in [1.54, 1.807) is 11.1 Å². The number of halogens is 1. The van der Waals surface area contributed by atoms with Crippen LogP contribution in [-0.4, -0.2) is 54.5 Å². The minimum atomic E-state index is -3.39. The van der Waals surface area contributed by atoms with Gasteiger partial charge in [0.05, 0.1) is 17.8 Å². The van der Waals surface area contributed by atoms with Gasteiger partial charge in [0.1, 0.15) is 5.65 Å². The van der Waals surface area contributed by atoms with Gasteiger partial charge in [0.25, 0.3) is 0 Å². The summed E-state index contributed by atoms with van der Waals surface area (Å²) in [5.74, 6) is 0.300. The highest BCUT2D eigenvalue weighted by atomic mass is 35.5. The van der Waals surface area contributed by atoms with Crippen molar-refractivity contribution in [3.63, 3.8) is 0 Å². The quantitative estimate of drug-likeness (QED) is 0.668. The maximum atomic E-state index is 12.6. The number of hydrogen-bond acceptors (Lipinski definition) is 4. The number of amides is 1. The van der Waals surface area contributed by atoms with Gasteiger partial charge >= 0.3 is 0 Å². The molecule has 30 heavy (non-hydrogen) atoms. The number of carbonyl (C=O) groups excluding carboxylic acids is 1. The number of aromatic amines is 1. The first-order valence-electron chi connectivity index (χ1n) is 9.84. The van der Waals surface area contributed by atoms with E-state index in [-0.39, 0.29) is 19.0 Å². The number of nitrogens with zero attached hydrogens (tertiary/aromatic N) is 3. The second kappa shape index (κ2) is 7.08. The number of benzene rings is 1. The van der Waals surface area contributed by atoms with Crippen molar-refractivity contribution in [2.75, 3.05) is 30.8 Å². The third-order valence-corrected chi connectivity index (χ3v) is 7.45. The fraction of sp³-hybridized carbons (Fsp3) is 0.333. The van der Waals surface area contributed by atoms with Gasteiger partial charge in [-0.3, -0.25) is 4.79 Å². The molecule has 0 spiro atoms. The molecule has 2 aromatic heterocycles. The topological polar surface area (TPSA) is 86.4 Å². The first kappa shape index (κ1) is 19.5. The van der Waals surface area contributed by atoms with Crippen LogP contribution in [0.4, 0.5) is 5.69 Å². The van der Waals surface area contributed by atoms with Crippen LogP contribution in [0.1, 0.15) is 24.3 Å². The number of rotatable bonds is 4. The van der Waals surface area contributed by atoms with Gasteiger partial charge in [0.2, 0.25) is 15.9 Å². The molecular formula is C21H21ClN4O3S. The number of fused-ring (bicyclic) bond motifs is 1. The Kier molecular flexibility index (Phi) is 4.61. The number of pyridine rings is 1. The lowest BCUT2D eigenvalue weighted by atomic mass is 10.0. The third-order valence-electron chi connectivity index (χ3n) is 5.81. The molecule has 2 fully saturated rings. The normalized spacial score (nSPS) is 18.3. The molecule has 1 aliphatic carbocycles. The molecule has 1 aromatic carbocycles. The van der Waals surface area contributed by atoms with E-state index >= 15 is 0 Å². The minimum absolute atomic E-state index is 0.147. The molecule has 1 saturated carbocycles. The predicted octanol–water partition coefficient (Wildman–Crippen LogP) is 3.37. The zero-order valence-corrected chi connectivity index (χ0v) is 18.0. The van der Waals surface area contributed by atoms with Gasteiger partial charge in [-0.25, -0.2) is 13.4 Å². The summed E-state index contributed by atoms with van der Waals surface area (Å²) in [6.07, 6.45) is 7.22. The molecule has 3 heterocycles. The average Bonchev–Trinajstić information content (AvgIpc) is 3.46. The van der Waals surface area contributed by atoms with Crippen LogP contribution in [-0.2, 0) is 14.8 Å². The molecule has 1 aliphatic heterocycles. The van der Waals surface area contributed by atoms with E-state index in [9.17, 15) is 13.2 Å². The monoisotopic (exact) mass is 444 g/mol. The van der Waals surface area contributed by atoms with E-state index in [0.717, 1.165) is 34.1 Å². The first-order valence-corrected chi connectivity index (χ1v) is 12.1. The Balaban J connectivity index is 1.49. The molecule has 1 amide bonds. The molecule has 0 unspecified atom stereocenters. The second-order valence-electron chi connectivity index (χ2n) is 7.92. The van der Waals surface area contributed by atoms with Crippen molar-refractivity contribution in [3.8, 4) is 11.1 Å². The molecular weight excluding hydrogens is 424 g/mol. The van der Waals surface area contributed by atoms with Crippen molar-refractivity contribution in [1.82, 2.24) is 14.3 Å². The fourth-order valence-electron chi connectivity index (χ4n) is 4.05. The van der Waals surface area contributed by atoms with Gasteiger partial charge in [-0.15, -0.1) is 0 Å². The van der Waals surface area contributed by atoms with Crippen molar-refractivity contribution < 1.29 is 13.2 Å². The molecule has 5 rings (SSSR count). The maximum absolute atomic E-state index is 12.6. The van der Waals surface area contributed by atoms with Gasteiger partial charge in [0.15, 0.2) is 0 Å². The van der Waals surface area contributed by atoms with Crippen LogP contribution >= 0.6 is 11.6 Å². The summed E-state index contributed by atoms with van der Waals surface area (Å²) in [5, 5.41) is 1.63. The number of carbonyl (C=O) groups is 1. The number of aromatic nitrogens is 2. The second-order valence-corrected chi connectivity index (χ2v) is 10.3. The van der Waals surface area contributed by atoms with Crippen molar-refractivity contribution in [1.29, 1.82) is 0 Å². The van der Waals surface area contributed by atoms with E-state index in [2.05, 4.69) is 9.97 Å². The fourth-order valence-corrected chi connectivity index (χ4v) is 5.16. The van der Waals surface area contributed by atoms with E-state index in [4.69, 9.17) is 11.6 Å². The third kappa shape index (κ3) is 3.38. The highest BCUT2D eigenvalue weighted by Gasteiger charge is 2.31. The smallest absolute Gasteiger partial charge is 0.242 e. The van der Waals surface area contributed by atoms with Gasteiger partial charge in [0, 0.05) is 42.1 Å². The van der Waals surface area contributed by atoms with Crippen molar-refractivity contribution in [3.05, 3.63) is 47.2 Å². The van der Waals surface area contributed by atoms with Crippen LogP contribution in [0.5, 0.6) is 0 Å². The Hall–Kier alpha value is -2.42. The lowest BCUT2D eigenvalue weighted by Crippen LogP contribution is -2.52. The molecule has 9 heteroatoms. The number of sulfonamides is 1.